The number of hydrogen-bond donors (Lipinski definition) is 1. The molecule has 1 aromatic heterocycles. The normalized spacial score (nSPS) is 9.76. The quantitative estimate of drug-likeness (QED) is 0.881. The number of nitriles is 1. The molecular formula is C14H9ClFN3O2. The number of ether oxygens (including phenoxy) is 1. The van der Waals surface area contributed by atoms with Gasteiger partial charge in [0.25, 0.3) is 5.91 Å². The minimum atomic E-state index is -0.657. The van der Waals surface area contributed by atoms with Crippen LogP contribution >= 0.6 is 11.6 Å². The van der Waals surface area contributed by atoms with Gasteiger partial charge in [0.15, 0.2) is 6.61 Å². The molecule has 0 radical (unpaired) electrons. The number of carbonyl (C=O) groups excluding carboxylic acids is 1. The Balaban J connectivity index is 2.16. The Kier molecular flexibility index (Phi) is 4.69. The predicted molar refractivity (Wildman–Crippen MR) is 74.7 cm³/mol. The number of aromatic nitrogens is 1. The maximum Gasteiger partial charge on any atom is 0.258 e. The first kappa shape index (κ1) is 14.8. The molecule has 1 N–H and O–H groups in total. The standard InChI is InChI=1S/C14H9ClFN3O2/c15-13-12(6-9(16)8-18-13)14(20)19-10-2-1-3-11(7-10)21-5-4-17/h1-3,6-8H,5H2,(H,19,20). The minimum absolute atomic E-state index is 0.0694. The van der Waals surface area contributed by atoms with Gasteiger partial charge in [0.05, 0.1) is 11.8 Å². The van der Waals surface area contributed by atoms with Crippen LogP contribution in [0, 0.1) is 17.1 Å². The van der Waals surface area contributed by atoms with Crippen molar-refractivity contribution in [2.45, 2.75) is 0 Å². The van der Waals surface area contributed by atoms with Crippen molar-refractivity contribution < 1.29 is 13.9 Å². The second-order valence-corrected chi connectivity index (χ2v) is 4.28. The summed E-state index contributed by atoms with van der Waals surface area (Å²) in [5, 5.41) is 10.9. The summed E-state index contributed by atoms with van der Waals surface area (Å²) in [5.41, 5.74) is 0.357. The van der Waals surface area contributed by atoms with Gasteiger partial charge in [-0.25, -0.2) is 9.37 Å². The van der Waals surface area contributed by atoms with E-state index < -0.39 is 11.7 Å². The van der Waals surface area contributed by atoms with Crippen molar-refractivity contribution in [2.75, 3.05) is 11.9 Å². The molecule has 0 spiro atoms. The molecule has 1 heterocycles. The molecular weight excluding hydrogens is 297 g/mol. The first-order valence-corrected chi connectivity index (χ1v) is 6.20. The lowest BCUT2D eigenvalue weighted by Crippen LogP contribution is -2.13. The maximum absolute atomic E-state index is 13.1. The van der Waals surface area contributed by atoms with Gasteiger partial charge in [0, 0.05) is 11.8 Å². The molecule has 0 fully saturated rings. The number of amides is 1. The smallest absolute Gasteiger partial charge is 0.258 e. The average Bonchev–Trinajstić information content (AvgIpc) is 2.48. The van der Waals surface area contributed by atoms with E-state index in [4.69, 9.17) is 21.6 Å². The van der Waals surface area contributed by atoms with Gasteiger partial charge in [-0.05, 0) is 18.2 Å². The van der Waals surface area contributed by atoms with Crippen molar-refractivity contribution in [3.05, 3.63) is 53.1 Å². The van der Waals surface area contributed by atoms with E-state index in [1.807, 2.05) is 6.07 Å². The van der Waals surface area contributed by atoms with Crippen LogP contribution in [0.15, 0.2) is 36.5 Å². The van der Waals surface area contributed by atoms with Gasteiger partial charge in [-0.2, -0.15) is 5.26 Å². The number of benzene rings is 1. The highest BCUT2D eigenvalue weighted by Crippen LogP contribution is 2.20. The first-order chi connectivity index (χ1) is 10.1. The molecule has 5 nitrogen and oxygen atoms in total. The molecule has 2 aromatic rings. The van der Waals surface area contributed by atoms with E-state index in [1.54, 1.807) is 18.2 Å². The van der Waals surface area contributed by atoms with Crippen molar-refractivity contribution in [3.8, 4) is 11.8 Å². The van der Waals surface area contributed by atoms with Crippen LogP contribution in [0.4, 0.5) is 10.1 Å². The van der Waals surface area contributed by atoms with Crippen LogP contribution in [0.5, 0.6) is 5.75 Å². The summed E-state index contributed by atoms with van der Waals surface area (Å²) < 4.78 is 18.2. The molecule has 7 heteroatoms. The summed E-state index contributed by atoms with van der Waals surface area (Å²) in [7, 11) is 0. The maximum atomic E-state index is 13.1. The number of carbonyl (C=O) groups is 1. The van der Waals surface area contributed by atoms with E-state index in [0.717, 1.165) is 12.3 Å². The molecule has 0 atom stereocenters. The van der Waals surface area contributed by atoms with E-state index in [1.165, 1.54) is 6.07 Å². The SMILES string of the molecule is N#CCOc1cccc(NC(=O)c2cc(F)cnc2Cl)c1. The van der Waals surface area contributed by atoms with Crippen molar-refractivity contribution in [1.82, 2.24) is 4.98 Å². The zero-order valence-corrected chi connectivity index (χ0v) is 11.4. The summed E-state index contributed by atoms with van der Waals surface area (Å²) >= 11 is 5.76. The number of pyridine rings is 1. The van der Waals surface area contributed by atoms with E-state index in [9.17, 15) is 9.18 Å². The summed E-state index contributed by atoms with van der Waals surface area (Å²) in [4.78, 5) is 15.6. The zero-order chi connectivity index (χ0) is 15.2. The average molecular weight is 306 g/mol. The molecule has 0 bridgehead atoms. The van der Waals surface area contributed by atoms with E-state index in [0.29, 0.717) is 11.4 Å². The number of anilines is 1. The first-order valence-electron chi connectivity index (χ1n) is 5.82. The number of hydrogen-bond acceptors (Lipinski definition) is 4. The third kappa shape index (κ3) is 3.91. The van der Waals surface area contributed by atoms with E-state index in [-0.39, 0.29) is 17.3 Å². The van der Waals surface area contributed by atoms with Crippen LogP contribution < -0.4 is 10.1 Å². The number of rotatable bonds is 4. The summed E-state index contributed by atoms with van der Waals surface area (Å²) in [6.45, 7) is -0.100. The number of nitrogens with zero attached hydrogens (tertiary/aromatic N) is 2. The fourth-order valence-corrected chi connectivity index (χ4v) is 1.75. The van der Waals surface area contributed by atoms with Crippen LogP contribution in [0.25, 0.3) is 0 Å². The lowest BCUT2D eigenvalue weighted by Gasteiger charge is -2.08. The predicted octanol–water partition coefficient (Wildman–Crippen LogP) is 3.03. The van der Waals surface area contributed by atoms with Gasteiger partial charge in [-0.15, -0.1) is 0 Å². The highest BCUT2D eigenvalue weighted by atomic mass is 35.5. The Labute approximate surface area is 124 Å². The fraction of sp³-hybridized carbons (Fsp3) is 0.0714. The van der Waals surface area contributed by atoms with Crippen molar-refractivity contribution in [1.29, 1.82) is 5.26 Å². The van der Waals surface area contributed by atoms with Gasteiger partial charge in [-0.1, -0.05) is 17.7 Å². The Morgan fingerprint density at radius 1 is 1.48 bits per heavy atom. The number of nitrogens with one attached hydrogen (secondary N) is 1. The van der Waals surface area contributed by atoms with Gasteiger partial charge < -0.3 is 10.1 Å². The second-order valence-electron chi connectivity index (χ2n) is 3.92. The van der Waals surface area contributed by atoms with Crippen molar-refractivity contribution >= 4 is 23.2 Å². The van der Waals surface area contributed by atoms with E-state index in [2.05, 4.69) is 10.3 Å². The van der Waals surface area contributed by atoms with E-state index >= 15 is 0 Å². The summed E-state index contributed by atoms with van der Waals surface area (Å²) in [6.07, 6.45) is 0.926. The summed E-state index contributed by atoms with van der Waals surface area (Å²) in [5.74, 6) is -0.821. The van der Waals surface area contributed by atoms with Gasteiger partial charge in [0.1, 0.15) is 22.8 Å². The lowest BCUT2D eigenvalue weighted by atomic mass is 10.2. The molecule has 1 amide bonds. The Morgan fingerprint density at radius 2 is 2.29 bits per heavy atom. The highest BCUT2D eigenvalue weighted by Gasteiger charge is 2.13. The topological polar surface area (TPSA) is 75.0 Å². The zero-order valence-electron chi connectivity index (χ0n) is 10.6. The Morgan fingerprint density at radius 3 is 3.05 bits per heavy atom. The molecule has 0 aliphatic heterocycles. The van der Waals surface area contributed by atoms with Gasteiger partial charge in [0.2, 0.25) is 0 Å². The van der Waals surface area contributed by atoms with Crippen LogP contribution in [-0.4, -0.2) is 17.5 Å². The monoisotopic (exact) mass is 305 g/mol. The van der Waals surface area contributed by atoms with Crippen LogP contribution in [0.3, 0.4) is 0 Å². The Hall–Kier alpha value is -2.65. The van der Waals surface area contributed by atoms with Gasteiger partial charge >= 0.3 is 0 Å². The Bertz CT molecular complexity index is 716. The third-order valence-corrected chi connectivity index (χ3v) is 2.75. The molecule has 0 saturated heterocycles. The molecule has 0 aliphatic carbocycles. The summed E-state index contributed by atoms with van der Waals surface area (Å²) in [6, 6.07) is 9.29. The highest BCUT2D eigenvalue weighted by molar-refractivity contribution is 6.33. The molecule has 0 unspecified atom stereocenters. The molecule has 21 heavy (non-hydrogen) atoms. The number of halogens is 2. The molecule has 106 valence electrons. The largest absolute Gasteiger partial charge is 0.479 e. The molecule has 0 aliphatic rings. The molecule has 2 rings (SSSR count). The molecule has 1 aromatic carbocycles. The fourth-order valence-electron chi connectivity index (χ4n) is 1.56. The van der Waals surface area contributed by atoms with Crippen LogP contribution in [0.1, 0.15) is 10.4 Å². The van der Waals surface area contributed by atoms with Crippen LogP contribution in [0.2, 0.25) is 5.15 Å². The van der Waals surface area contributed by atoms with Crippen LogP contribution in [-0.2, 0) is 0 Å². The third-order valence-electron chi connectivity index (χ3n) is 2.45. The molecule has 0 saturated carbocycles. The van der Waals surface area contributed by atoms with Crippen molar-refractivity contribution in [3.63, 3.8) is 0 Å². The second kappa shape index (κ2) is 6.68. The lowest BCUT2D eigenvalue weighted by molar-refractivity contribution is 0.102. The van der Waals surface area contributed by atoms with Crippen molar-refractivity contribution in [2.24, 2.45) is 0 Å². The minimum Gasteiger partial charge on any atom is -0.479 e. The van der Waals surface area contributed by atoms with Gasteiger partial charge in [-0.3, -0.25) is 4.79 Å².